The molecule has 0 saturated carbocycles. The van der Waals surface area contributed by atoms with Crippen LogP contribution in [-0.4, -0.2) is 29.8 Å². The van der Waals surface area contributed by atoms with Crippen LogP contribution in [0.25, 0.3) is 0 Å². The van der Waals surface area contributed by atoms with Gasteiger partial charge >= 0.3 is 5.97 Å². The van der Waals surface area contributed by atoms with Gasteiger partial charge in [-0.2, -0.15) is 5.10 Å². The molecule has 0 aliphatic carbocycles. The number of phenols is 1. The molecular formula is C23H20N2O5. The molecule has 0 bridgehead atoms. The van der Waals surface area contributed by atoms with Crippen molar-refractivity contribution in [3.05, 3.63) is 89.5 Å². The zero-order valence-electron chi connectivity index (χ0n) is 16.2. The van der Waals surface area contributed by atoms with E-state index < -0.39 is 11.9 Å². The van der Waals surface area contributed by atoms with Crippen LogP contribution in [0.1, 0.15) is 33.2 Å². The Morgan fingerprint density at radius 3 is 2.13 bits per heavy atom. The Kier molecular flexibility index (Phi) is 6.78. The lowest BCUT2D eigenvalue weighted by Gasteiger charge is -2.06. The first-order valence-electron chi connectivity index (χ1n) is 9.22. The molecule has 7 nitrogen and oxygen atoms in total. The van der Waals surface area contributed by atoms with Crippen molar-refractivity contribution in [1.82, 2.24) is 5.43 Å². The van der Waals surface area contributed by atoms with E-state index in [0.717, 1.165) is 0 Å². The Morgan fingerprint density at radius 1 is 0.900 bits per heavy atom. The van der Waals surface area contributed by atoms with E-state index >= 15 is 0 Å². The SMILES string of the molecule is CCOc1ccc(C(=O)Oc2ccc(C=NNC(=O)c3ccc(O)cc3)cc2)cc1. The van der Waals surface area contributed by atoms with Crippen LogP contribution in [0.3, 0.4) is 0 Å². The number of nitrogens with one attached hydrogen (secondary N) is 1. The fraction of sp³-hybridized carbons (Fsp3) is 0.0870. The Hall–Kier alpha value is -4.13. The number of rotatable bonds is 7. The summed E-state index contributed by atoms with van der Waals surface area (Å²) in [5.41, 5.74) is 3.91. The number of benzene rings is 3. The van der Waals surface area contributed by atoms with Gasteiger partial charge in [0.05, 0.1) is 18.4 Å². The van der Waals surface area contributed by atoms with E-state index in [1.807, 2.05) is 6.92 Å². The second-order valence-corrected chi connectivity index (χ2v) is 6.16. The first-order chi connectivity index (χ1) is 14.5. The summed E-state index contributed by atoms with van der Waals surface area (Å²) in [7, 11) is 0. The monoisotopic (exact) mass is 404 g/mol. The predicted octanol–water partition coefficient (Wildman–Crippen LogP) is 3.77. The van der Waals surface area contributed by atoms with Gasteiger partial charge in [0.1, 0.15) is 17.2 Å². The first kappa shape index (κ1) is 20.6. The van der Waals surface area contributed by atoms with Gasteiger partial charge in [-0.25, -0.2) is 10.2 Å². The molecule has 30 heavy (non-hydrogen) atoms. The average molecular weight is 404 g/mol. The van der Waals surface area contributed by atoms with Gasteiger partial charge in [0.2, 0.25) is 0 Å². The van der Waals surface area contributed by atoms with E-state index in [-0.39, 0.29) is 5.75 Å². The lowest BCUT2D eigenvalue weighted by molar-refractivity contribution is 0.0734. The van der Waals surface area contributed by atoms with Gasteiger partial charge in [0, 0.05) is 5.56 Å². The van der Waals surface area contributed by atoms with Crippen LogP contribution in [0.5, 0.6) is 17.2 Å². The molecule has 3 aromatic rings. The number of ether oxygens (including phenoxy) is 2. The topological polar surface area (TPSA) is 97.2 Å². The minimum atomic E-state index is -0.472. The number of aromatic hydroxyl groups is 1. The molecule has 0 saturated heterocycles. The van der Waals surface area contributed by atoms with E-state index in [1.54, 1.807) is 48.5 Å². The number of carbonyl (C=O) groups excluding carboxylic acids is 2. The number of hydrazone groups is 1. The van der Waals surface area contributed by atoms with Crippen molar-refractivity contribution in [2.75, 3.05) is 6.61 Å². The van der Waals surface area contributed by atoms with Crippen LogP contribution in [0.4, 0.5) is 0 Å². The molecule has 1 amide bonds. The Balaban J connectivity index is 1.54. The van der Waals surface area contributed by atoms with Crippen molar-refractivity contribution in [3.8, 4) is 17.2 Å². The molecule has 0 radical (unpaired) electrons. The molecule has 3 aromatic carbocycles. The molecule has 0 aliphatic rings. The zero-order chi connectivity index (χ0) is 21.3. The van der Waals surface area contributed by atoms with Crippen LogP contribution in [0, 0.1) is 0 Å². The van der Waals surface area contributed by atoms with Crippen LogP contribution in [-0.2, 0) is 0 Å². The van der Waals surface area contributed by atoms with E-state index in [4.69, 9.17) is 9.47 Å². The van der Waals surface area contributed by atoms with Gasteiger partial charge in [-0.15, -0.1) is 0 Å². The van der Waals surface area contributed by atoms with Gasteiger partial charge < -0.3 is 14.6 Å². The highest BCUT2D eigenvalue weighted by molar-refractivity contribution is 5.95. The Labute approximate surface area is 173 Å². The summed E-state index contributed by atoms with van der Waals surface area (Å²) in [6.07, 6.45) is 1.47. The van der Waals surface area contributed by atoms with Gasteiger partial charge in [-0.3, -0.25) is 4.79 Å². The van der Waals surface area contributed by atoms with Crippen molar-refractivity contribution in [2.45, 2.75) is 6.92 Å². The third-order valence-electron chi connectivity index (χ3n) is 4.00. The fourth-order valence-electron chi connectivity index (χ4n) is 2.48. The average Bonchev–Trinajstić information content (AvgIpc) is 2.76. The summed E-state index contributed by atoms with van der Waals surface area (Å²) in [4.78, 5) is 24.2. The number of phenolic OH excluding ortho intramolecular Hbond substituents is 1. The minimum Gasteiger partial charge on any atom is -0.508 e. The lowest BCUT2D eigenvalue weighted by atomic mass is 10.2. The molecule has 0 aliphatic heterocycles. The Bertz CT molecular complexity index is 1030. The smallest absolute Gasteiger partial charge is 0.343 e. The maximum absolute atomic E-state index is 12.2. The molecule has 152 valence electrons. The summed E-state index contributed by atoms with van der Waals surface area (Å²) in [5, 5.41) is 13.1. The number of hydrogen-bond acceptors (Lipinski definition) is 6. The molecule has 0 aromatic heterocycles. The van der Waals surface area contributed by atoms with E-state index in [2.05, 4.69) is 10.5 Å². The van der Waals surface area contributed by atoms with Gasteiger partial charge in [0.15, 0.2) is 0 Å². The number of esters is 1. The van der Waals surface area contributed by atoms with Crippen molar-refractivity contribution < 1.29 is 24.2 Å². The molecule has 2 N–H and O–H groups in total. The molecule has 3 rings (SSSR count). The van der Waals surface area contributed by atoms with Gasteiger partial charge in [-0.05, 0) is 85.3 Å². The fourth-order valence-corrected chi connectivity index (χ4v) is 2.48. The molecule has 0 spiro atoms. The number of amides is 1. The van der Waals surface area contributed by atoms with E-state index in [9.17, 15) is 14.7 Å². The second kappa shape index (κ2) is 9.88. The highest BCUT2D eigenvalue weighted by Crippen LogP contribution is 2.16. The summed E-state index contributed by atoms with van der Waals surface area (Å²) in [6.45, 7) is 2.44. The third-order valence-corrected chi connectivity index (χ3v) is 4.00. The molecule has 0 atom stereocenters. The van der Waals surface area contributed by atoms with Gasteiger partial charge in [-0.1, -0.05) is 0 Å². The van der Waals surface area contributed by atoms with Crippen LogP contribution in [0.2, 0.25) is 0 Å². The maximum Gasteiger partial charge on any atom is 0.343 e. The van der Waals surface area contributed by atoms with Crippen LogP contribution >= 0.6 is 0 Å². The maximum atomic E-state index is 12.2. The Morgan fingerprint density at radius 2 is 1.50 bits per heavy atom. The standard InChI is InChI=1S/C23H20N2O5/c1-2-29-20-13-7-18(8-14-20)23(28)30-21-11-3-16(4-12-21)15-24-25-22(27)17-5-9-19(26)10-6-17/h3-15,26H,2H2,1H3,(H,25,27). The number of hydrogen-bond donors (Lipinski definition) is 2. The molecular weight excluding hydrogens is 384 g/mol. The van der Waals surface area contributed by atoms with E-state index in [0.29, 0.717) is 34.8 Å². The number of nitrogens with zero attached hydrogens (tertiary/aromatic N) is 1. The molecule has 7 heteroatoms. The van der Waals surface area contributed by atoms with Crippen LogP contribution < -0.4 is 14.9 Å². The van der Waals surface area contributed by atoms with Crippen molar-refractivity contribution in [3.63, 3.8) is 0 Å². The van der Waals surface area contributed by atoms with Crippen LogP contribution in [0.15, 0.2) is 77.9 Å². The zero-order valence-corrected chi connectivity index (χ0v) is 16.2. The normalized spacial score (nSPS) is 10.6. The van der Waals surface area contributed by atoms with Crippen molar-refractivity contribution >= 4 is 18.1 Å². The van der Waals surface area contributed by atoms with Crippen molar-refractivity contribution in [2.24, 2.45) is 5.10 Å². The lowest BCUT2D eigenvalue weighted by Crippen LogP contribution is -2.17. The van der Waals surface area contributed by atoms with E-state index in [1.165, 1.54) is 30.5 Å². The number of carbonyl (C=O) groups is 2. The molecule has 0 fully saturated rings. The molecule has 0 heterocycles. The highest BCUT2D eigenvalue weighted by atomic mass is 16.5. The van der Waals surface area contributed by atoms with Crippen molar-refractivity contribution in [1.29, 1.82) is 0 Å². The predicted molar refractivity (Wildman–Crippen MR) is 112 cm³/mol. The quantitative estimate of drug-likeness (QED) is 0.270. The second-order valence-electron chi connectivity index (χ2n) is 6.16. The molecule has 0 unspecified atom stereocenters. The minimum absolute atomic E-state index is 0.0818. The highest BCUT2D eigenvalue weighted by Gasteiger charge is 2.09. The summed E-state index contributed by atoms with van der Waals surface area (Å²) < 4.78 is 10.7. The first-order valence-corrected chi connectivity index (χ1v) is 9.22. The largest absolute Gasteiger partial charge is 0.508 e. The third kappa shape index (κ3) is 5.68. The van der Waals surface area contributed by atoms with Gasteiger partial charge in [0.25, 0.3) is 5.91 Å². The summed E-state index contributed by atoms with van der Waals surface area (Å²) >= 11 is 0. The summed E-state index contributed by atoms with van der Waals surface area (Å²) in [5.74, 6) is 0.292. The summed E-state index contributed by atoms with van der Waals surface area (Å²) in [6, 6.07) is 19.2.